The van der Waals surface area contributed by atoms with Crippen LogP contribution in [0.15, 0.2) is 24.4 Å². The van der Waals surface area contributed by atoms with Crippen molar-refractivity contribution in [1.82, 2.24) is 15.2 Å². The number of fused-ring (bicyclic) bond motifs is 1. The summed E-state index contributed by atoms with van der Waals surface area (Å²) < 4.78 is 5.30. The number of rotatable bonds is 4. The van der Waals surface area contributed by atoms with E-state index < -0.39 is 0 Å². The van der Waals surface area contributed by atoms with Gasteiger partial charge in [-0.15, -0.1) is 0 Å². The molecule has 1 aromatic carbocycles. The molecule has 20 heavy (non-hydrogen) atoms. The van der Waals surface area contributed by atoms with Crippen molar-refractivity contribution in [2.75, 3.05) is 39.4 Å². The molecule has 0 spiro atoms. The van der Waals surface area contributed by atoms with Crippen LogP contribution in [0.2, 0.25) is 0 Å². The van der Waals surface area contributed by atoms with Crippen LogP contribution in [-0.2, 0) is 4.74 Å². The summed E-state index contributed by atoms with van der Waals surface area (Å²) in [5, 5.41) is 3.91. The van der Waals surface area contributed by atoms with Crippen molar-refractivity contribution >= 4 is 16.8 Å². The van der Waals surface area contributed by atoms with E-state index in [1.54, 1.807) is 6.20 Å². The highest BCUT2D eigenvalue weighted by molar-refractivity contribution is 6.05. The minimum absolute atomic E-state index is 0.0419. The third-order valence-electron chi connectivity index (χ3n) is 3.57. The first-order chi connectivity index (χ1) is 9.84. The van der Waals surface area contributed by atoms with E-state index in [4.69, 9.17) is 4.74 Å². The molecule has 1 radical (unpaired) electrons. The van der Waals surface area contributed by atoms with Crippen LogP contribution < -0.4 is 5.32 Å². The SMILES string of the molecule is O=C(NCCN1CCOCC1)c1cccc2[c]c[nH]c12. The van der Waals surface area contributed by atoms with Gasteiger partial charge in [0, 0.05) is 43.8 Å². The van der Waals surface area contributed by atoms with Crippen molar-refractivity contribution in [3.63, 3.8) is 0 Å². The summed E-state index contributed by atoms with van der Waals surface area (Å²) in [5.74, 6) is -0.0419. The van der Waals surface area contributed by atoms with Crippen LogP contribution in [0, 0.1) is 6.07 Å². The Kier molecular flexibility index (Phi) is 3.99. The van der Waals surface area contributed by atoms with Crippen LogP contribution in [0.25, 0.3) is 10.9 Å². The fourth-order valence-corrected chi connectivity index (χ4v) is 2.45. The Morgan fingerprint density at radius 2 is 2.25 bits per heavy atom. The Balaban J connectivity index is 1.57. The Morgan fingerprint density at radius 3 is 3.10 bits per heavy atom. The van der Waals surface area contributed by atoms with Gasteiger partial charge in [0.15, 0.2) is 0 Å². The summed E-state index contributed by atoms with van der Waals surface area (Å²) >= 11 is 0. The maximum Gasteiger partial charge on any atom is 0.253 e. The van der Waals surface area contributed by atoms with Gasteiger partial charge in [0.2, 0.25) is 0 Å². The van der Waals surface area contributed by atoms with E-state index in [2.05, 4.69) is 21.3 Å². The molecule has 1 amide bonds. The molecule has 0 saturated carbocycles. The van der Waals surface area contributed by atoms with Crippen LogP contribution in [0.5, 0.6) is 0 Å². The zero-order valence-electron chi connectivity index (χ0n) is 11.3. The van der Waals surface area contributed by atoms with Crippen LogP contribution in [-0.4, -0.2) is 55.2 Å². The van der Waals surface area contributed by atoms with E-state index in [9.17, 15) is 4.79 Å². The largest absolute Gasteiger partial charge is 0.379 e. The van der Waals surface area contributed by atoms with E-state index in [0.29, 0.717) is 12.1 Å². The first kappa shape index (κ1) is 13.1. The van der Waals surface area contributed by atoms with E-state index in [1.165, 1.54) is 0 Å². The smallest absolute Gasteiger partial charge is 0.253 e. The van der Waals surface area contributed by atoms with Crippen LogP contribution >= 0.6 is 0 Å². The molecule has 2 heterocycles. The van der Waals surface area contributed by atoms with Crippen LogP contribution in [0.3, 0.4) is 0 Å². The van der Waals surface area contributed by atoms with Crippen molar-refractivity contribution in [1.29, 1.82) is 0 Å². The molecule has 0 aliphatic carbocycles. The molecular weight excluding hydrogens is 254 g/mol. The number of nitrogens with one attached hydrogen (secondary N) is 2. The van der Waals surface area contributed by atoms with E-state index in [-0.39, 0.29) is 5.91 Å². The maximum absolute atomic E-state index is 12.2. The first-order valence-corrected chi connectivity index (χ1v) is 6.91. The number of benzene rings is 1. The van der Waals surface area contributed by atoms with Gasteiger partial charge in [0.25, 0.3) is 5.91 Å². The molecule has 2 N–H and O–H groups in total. The zero-order valence-corrected chi connectivity index (χ0v) is 11.3. The lowest BCUT2D eigenvalue weighted by Gasteiger charge is -2.26. The number of morpholine rings is 1. The molecule has 3 rings (SSSR count). The standard InChI is InChI=1S/C15H18N3O2/c19-15(17-6-7-18-8-10-20-11-9-18)13-3-1-2-12-4-5-16-14(12)13/h1-3,5,16H,6-11H2,(H,17,19). The van der Waals surface area contributed by atoms with Crippen molar-refractivity contribution in [3.8, 4) is 0 Å². The first-order valence-electron chi connectivity index (χ1n) is 6.91. The zero-order chi connectivity index (χ0) is 13.8. The highest BCUT2D eigenvalue weighted by Crippen LogP contribution is 2.16. The van der Waals surface area contributed by atoms with Gasteiger partial charge in [-0.05, 0) is 6.07 Å². The summed E-state index contributed by atoms with van der Waals surface area (Å²) in [6, 6.07) is 8.71. The van der Waals surface area contributed by atoms with Crippen molar-refractivity contribution in [2.24, 2.45) is 0 Å². The lowest BCUT2D eigenvalue weighted by Crippen LogP contribution is -2.41. The van der Waals surface area contributed by atoms with Crippen molar-refractivity contribution in [3.05, 3.63) is 36.0 Å². The Morgan fingerprint density at radius 1 is 1.40 bits per heavy atom. The van der Waals surface area contributed by atoms with Gasteiger partial charge in [-0.3, -0.25) is 9.69 Å². The van der Waals surface area contributed by atoms with Gasteiger partial charge >= 0.3 is 0 Å². The number of hydrogen-bond acceptors (Lipinski definition) is 3. The Bertz CT molecular complexity index is 588. The molecule has 1 aromatic heterocycles. The second-order valence-electron chi connectivity index (χ2n) is 4.87. The Labute approximate surface area is 117 Å². The third-order valence-corrected chi connectivity index (χ3v) is 3.57. The second kappa shape index (κ2) is 6.07. The molecule has 1 fully saturated rings. The molecule has 0 unspecified atom stereocenters. The average molecular weight is 272 g/mol. The summed E-state index contributed by atoms with van der Waals surface area (Å²) in [7, 11) is 0. The molecule has 1 saturated heterocycles. The third kappa shape index (κ3) is 2.84. The summed E-state index contributed by atoms with van der Waals surface area (Å²) in [4.78, 5) is 17.6. The molecular formula is C15H18N3O2. The van der Waals surface area contributed by atoms with E-state index >= 15 is 0 Å². The molecule has 0 atom stereocenters. The highest BCUT2D eigenvalue weighted by atomic mass is 16.5. The minimum Gasteiger partial charge on any atom is -0.379 e. The van der Waals surface area contributed by atoms with Crippen LogP contribution in [0.1, 0.15) is 10.4 Å². The number of carbonyl (C=O) groups excluding carboxylic acids is 1. The van der Waals surface area contributed by atoms with Gasteiger partial charge in [0.05, 0.1) is 24.3 Å². The lowest BCUT2D eigenvalue weighted by molar-refractivity contribution is 0.0383. The molecule has 0 bridgehead atoms. The number of amides is 1. The number of aromatic amines is 1. The molecule has 1 aliphatic rings. The lowest BCUT2D eigenvalue weighted by atomic mass is 10.1. The number of aromatic nitrogens is 1. The van der Waals surface area contributed by atoms with Gasteiger partial charge in [0.1, 0.15) is 0 Å². The summed E-state index contributed by atoms with van der Waals surface area (Å²) in [6.07, 6.45) is 1.73. The topological polar surface area (TPSA) is 57.4 Å². The fourth-order valence-electron chi connectivity index (χ4n) is 2.45. The molecule has 105 valence electrons. The Hall–Kier alpha value is -1.85. The minimum atomic E-state index is -0.0419. The number of ether oxygens (including phenoxy) is 1. The summed E-state index contributed by atoms with van der Waals surface area (Å²) in [6.45, 7) is 4.97. The molecule has 2 aromatic rings. The molecule has 5 nitrogen and oxygen atoms in total. The average Bonchev–Trinajstić information content (AvgIpc) is 2.96. The van der Waals surface area contributed by atoms with Crippen molar-refractivity contribution < 1.29 is 9.53 Å². The highest BCUT2D eigenvalue weighted by Gasteiger charge is 2.12. The predicted octanol–water partition coefficient (Wildman–Crippen LogP) is 1.03. The van der Waals surface area contributed by atoms with Gasteiger partial charge in [-0.25, -0.2) is 0 Å². The second-order valence-corrected chi connectivity index (χ2v) is 4.87. The van der Waals surface area contributed by atoms with E-state index in [1.807, 2.05) is 18.2 Å². The number of para-hydroxylation sites is 1. The number of carbonyl (C=O) groups is 1. The predicted molar refractivity (Wildman–Crippen MR) is 76.7 cm³/mol. The molecule has 5 heteroatoms. The number of H-pyrrole nitrogens is 1. The number of hydrogen-bond donors (Lipinski definition) is 2. The molecule has 1 aliphatic heterocycles. The maximum atomic E-state index is 12.2. The quantitative estimate of drug-likeness (QED) is 0.874. The van der Waals surface area contributed by atoms with Gasteiger partial charge in [-0.2, -0.15) is 0 Å². The van der Waals surface area contributed by atoms with Gasteiger partial charge in [-0.1, -0.05) is 12.1 Å². The monoisotopic (exact) mass is 272 g/mol. The normalized spacial score (nSPS) is 16.4. The van der Waals surface area contributed by atoms with Crippen LogP contribution in [0.4, 0.5) is 0 Å². The number of nitrogens with zero attached hydrogens (tertiary/aromatic N) is 1. The fraction of sp³-hybridized carbons (Fsp3) is 0.400. The van der Waals surface area contributed by atoms with Gasteiger partial charge < -0.3 is 15.0 Å². The van der Waals surface area contributed by atoms with Crippen molar-refractivity contribution in [2.45, 2.75) is 0 Å². The van der Waals surface area contributed by atoms with E-state index in [0.717, 1.165) is 43.8 Å². The summed E-state index contributed by atoms with van der Waals surface area (Å²) in [5.41, 5.74) is 1.52.